The van der Waals surface area contributed by atoms with Crippen LogP contribution < -0.4 is 15.4 Å². The molecule has 114 valence electrons. The van der Waals surface area contributed by atoms with Gasteiger partial charge >= 0.3 is 0 Å². The maximum absolute atomic E-state index is 11.9. The number of carbonyl (C=O) groups excluding carboxylic acids is 1. The number of benzene rings is 1. The van der Waals surface area contributed by atoms with Crippen molar-refractivity contribution in [1.29, 1.82) is 0 Å². The highest BCUT2D eigenvalue weighted by atomic mass is 35.5. The largest absolute Gasteiger partial charge is 0.497 e. The summed E-state index contributed by atoms with van der Waals surface area (Å²) < 4.78 is 5.07. The van der Waals surface area contributed by atoms with E-state index in [-0.39, 0.29) is 22.6 Å². The van der Waals surface area contributed by atoms with Crippen LogP contribution in [0.1, 0.15) is 5.56 Å². The molecule has 2 aromatic rings. The third-order valence-electron chi connectivity index (χ3n) is 2.78. The number of thiocarbonyl (C=S) groups is 1. The number of hydrogen-bond acceptors (Lipinski definition) is 4. The molecule has 0 saturated heterocycles. The summed E-state index contributed by atoms with van der Waals surface area (Å²) in [6.45, 7) is 0. The van der Waals surface area contributed by atoms with Crippen LogP contribution in [0.4, 0.5) is 5.69 Å². The van der Waals surface area contributed by atoms with Crippen LogP contribution in [0.2, 0.25) is 5.15 Å². The van der Waals surface area contributed by atoms with E-state index >= 15 is 0 Å². The number of amides is 1. The average molecular weight is 336 g/mol. The van der Waals surface area contributed by atoms with Crippen LogP contribution in [-0.2, 0) is 11.2 Å². The van der Waals surface area contributed by atoms with Gasteiger partial charge in [-0.3, -0.25) is 4.79 Å². The zero-order valence-electron chi connectivity index (χ0n) is 11.8. The molecule has 0 fully saturated rings. The standard InChI is InChI=1S/C15H14ClN3O2S/c1-21-11-6-4-10(5-7-11)9-13(20)19-15(22)18-12-3-2-8-17-14(12)16/h2-8H,9H2,1H3,(H2,18,19,20,22). The second kappa shape index (κ2) is 7.72. The first kappa shape index (κ1) is 16.2. The van der Waals surface area contributed by atoms with Gasteiger partial charge in [0.1, 0.15) is 5.75 Å². The molecule has 2 rings (SSSR count). The van der Waals surface area contributed by atoms with E-state index < -0.39 is 0 Å². The third kappa shape index (κ3) is 4.68. The van der Waals surface area contributed by atoms with Gasteiger partial charge in [-0.25, -0.2) is 4.98 Å². The molecule has 0 aliphatic rings. The lowest BCUT2D eigenvalue weighted by atomic mass is 10.1. The number of nitrogens with zero attached hydrogens (tertiary/aromatic N) is 1. The van der Waals surface area contributed by atoms with E-state index in [2.05, 4.69) is 15.6 Å². The Morgan fingerprint density at radius 1 is 1.32 bits per heavy atom. The fourth-order valence-corrected chi connectivity index (χ4v) is 2.12. The van der Waals surface area contributed by atoms with E-state index in [1.54, 1.807) is 37.6 Å². The lowest BCUT2D eigenvalue weighted by Crippen LogP contribution is -2.35. The van der Waals surface area contributed by atoms with Crippen LogP contribution in [0, 0.1) is 0 Å². The van der Waals surface area contributed by atoms with Gasteiger partial charge < -0.3 is 15.4 Å². The molecule has 0 aliphatic heterocycles. The second-order valence-corrected chi connectivity index (χ2v) is 5.14. The monoisotopic (exact) mass is 335 g/mol. The predicted molar refractivity (Wildman–Crippen MR) is 90.3 cm³/mol. The van der Waals surface area contributed by atoms with Crippen LogP contribution in [0.5, 0.6) is 5.75 Å². The van der Waals surface area contributed by atoms with Gasteiger partial charge in [-0.15, -0.1) is 0 Å². The van der Waals surface area contributed by atoms with Crippen LogP contribution in [0.25, 0.3) is 0 Å². The summed E-state index contributed by atoms with van der Waals surface area (Å²) in [6, 6.07) is 10.7. The molecular weight excluding hydrogens is 322 g/mol. The Morgan fingerprint density at radius 3 is 2.68 bits per heavy atom. The number of aromatic nitrogens is 1. The number of nitrogens with one attached hydrogen (secondary N) is 2. The van der Waals surface area contributed by atoms with Crippen molar-refractivity contribution in [2.45, 2.75) is 6.42 Å². The second-order valence-electron chi connectivity index (χ2n) is 4.37. The number of anilines is 1. The lowest BCUT2D eigenvalue weighted by molar-refractivity contribution is -0.119. The van der Waals surface area contributed by atoms with Crippen molar-refractivity contribution in [1.82, 2.24) is 10.3 Å². The summed E-state index contributed by atoms with van der Waals surface area (Å²) in [6.07, 6.45) is 1.78. The van der Waals surface area contributed by atoms with E-state index in [1.165, 1.54) is 0 Å². The molecule has 0 bridgehead atoms. The van der Waals surface area contributed by atoms with Crippen LogP contribution in [0.3, 0.4) is 0 Å². The lowest BCUT2D eigenvalue weighted by Gasteiger charge is -2.10. The molecule has 7 heteroatoms. The summed E-state index contributed by atoms with van der Waals surface area (Å²) >= 11 is 11.0. The number of rotatable bonds is 4. The number of hydrogen-bond donors (Lipinski definition) is 2. The van der Waals surface area contributed by atoms with Gasteiger partial charge in [-0.05, 0) is 42.0 Å². The molecule has 0 saturated carbocycles. The number of pyridine rings is 1. The van der Waals surface area contributed by atoms with Crippen molar-refractivity contribution < 1.29 is 9.53 Å². The molecule has 1 heterocycles. The average Bonchev–Trinajstić information content (AvgIpc) is 2.50. The minimum absolute atomic E-state index is 0.174. The molecule has 2 N–H and O–H groups in total. The van der Waals surface area contributed by atoms with E-state index in [4.69, 9.17) is 28.6 Å². The van der Waals surface area contributed by atoms with Crippen molar-refractivity contribution in [3.05, 3.63) is 53.3 Å². The van der Waals surface area contributed by atoms with Crippen LogP contribution in [-0.4, -0.2) is 23.1 Å². The minimum atomic E-state index is -0.220. The molecule has 0 aliphatic carbocycles. The molecule has 0 atom stereocenters. The zero-order chi connectivity index (χ0) is 15.9. The smallest absolute Gasteiger partial charge is 0.230 e. The van der Waals surface area contributed by atoms with Gasteiger partial charge in [0.05, 0.1) is 19.2 Å². The Balaban J connectivity index is 1.88. The molecular formula is C15H14ClN3O2S. The normalized spacial score (nSPS) is 9.91. The molecule has 0 spiro atoms. The van der Waals surface area contributed by atoms with Gasteiger partial charge in [0.25, 0.3) is 0 Å². The molecule has 0 unspecified atom stereocenters. The number of halogens is 1. The Labute approximate surface area is 138 Å². The molecule has 1 aromatic carbocycles. The Morgan fingerprint density at radius 2 is 2.05 bits per heavy atom. The van der Waals surface area contributed by atoms with Gasteiger partial charge in [0, 0.05) is 6.20 Å². The predicted octanol–water partition coefficient (Wildman–Crippen LogP) is 2.80. The number of carbonyl (C=O) groups is 1. The molecule has 22 heavy (non-hydrogen) atoms. The van der Waals surface area contributed by atoms with Gasteiger partial charge in [-0.1, -0.05) is 23.7 Å². The first-order chi connectivity index (χ1) is 10.6. The SMILES string of the molecule is COc1ccc(CC(=O)NC(=S)Nc2cccnc2Cl)cc1. The highest BCUT2D eigenvalue weighted by Gasteiger charge is 2.08. The zero-order valence-corrected chi connectivity index (χ0v) is 13.4. The van der Waals surface area contributed by atoms with E-state index in [1.807, 2.05) is 12.1 Å². The van der Waals surface area contributed by atoms with Gasteiger partial charge in [0.2, 0.25) is 5.91 Å². The third-order valence-corrected chi connectivity index (χ3v) is 3.29. The van der Waals surface area contributed by atoms with E-state index in [0.717, 1.165) is 11.3 Å². The summed E-state index contributed by atoms with van der Waals surface area (Å²) in [5.41, 5.74) is 1.40. The van der Waals surface area contributed by atoms with Crippen molar-refractivity contribution >= 4 is 40.5 Å². The fraction of sp³-hybridized carbons (Fsp3) is 0.133. The molecule has 1 aromatic heterocycles. The highest BCUT2D eigenvalue weighted by molar-refractivity contribution is 7.80. The van der Waals surface area contributed by atoms with Gasteiger partial charge in [-0.2, -0.15) is 0 Å². The summed E-state index contributed by atoms with van der Waals surface area (Å²) in [4.78, 5) is 15.8. The summed E-state index contributed by atoms with van der Waals surface area (Å²) in [7, 11) is 1.59. The van der Waals surface area contributed by atoms with Crippen molar-refractivity contribution in [3.8, 4) is 5.75 Å². The van der Waals surface area contributed by atoms with Gasteiger partial charge in [0.15, 0.2) is 10.3 Å². The number of ether oxygens (including phenoxy) is 1. The van der Waals surface area contributed by atoms with Crippen LogP contribution in [0.15, 0.2) is 42.6 Å². The Bertz CT molecular complexity index is 677. The van der Waals surface area contributed by atoms with Crippen molar-refractivity contribution in [2.24, 2.45) is 0 Å². The van der Waals surface area contributed by atoms with E-state index in [9.17, 15) is 4.79 Å². The first-order valence-corrected chi connectivity index (χ1v) is 7.21. The Hall–Kier alpha value is -2.18. The quantitative estimate of drug-likeness (QED) is 0.664. The minimum Gasteiger partial charge on any atom is -0.497 e. The first-order valence-electron chi connectivity index (χ1n) is 6.43. The fourth-order valence-electron chi connectivity index (χ4n) is 1.73. The molecule has 5 nitrogen and oxygen atoms in total. The topological polar surface area (TPSA) is 63.2 Å². The summed E-state index contributed by atoms with van der Waals surface area (Å²) in [5.74, 6) is 0.523. The maximum atomic E-state index is 11.9. The van der Waals surface area contributed by atoms with Crippen LogP contribution >= 0.6 is 23.8 Å². The molecule has 1 amide bonds. The summed E-state index contributed by atoms with van der Waals surface area (Å²) in [5, 5.41) is 5.89. The Kier molecular flexibility index (Phi) is 5.68. The maximum Gasteiger partial charge on any atom is 0.230 e. The van der Waals surface area contributed by atoms with Crippen molar-refractivity contribution in [3.63, 3.8) is 0 Å². The van der Waals surface area contributed by atoms with Crippen molar-refractivity contribution in [2.75, 3.05) is 12.4 Å². The highest BCUT2D eigenvalue weighted by Crippen LogP contribution is 2.17. The van der Waals surface area contributed by atoms with E-state index in [0.29, 0.717) is 5.69 Å². The molecule has 0 radical (unpaired) electrons. The number of methoxy groups -OCH3 is 1.